The number of anilines is 1. The van der Waals surface area contributed by atoms with Gasteiger partial charge in [-0.3, -0.25) is 0 Å². The van der Waals surface area contributed by atoms with Crippen molar-refractivity contribution in [1.29, 1.82) is 0 Å². The van der Waals surface area contributed by atoms with E-state index in [0.29, 0.717) is 6.54 Å². The van der Waals surface area contributed by atoms with Crippen LogP contribution < -0.4 is 5.32 Å². The van der Waals surface area contributed by atoms with Gasteiger partial charge in [-0.25, -0.2) is 0 Å². The summed E-state index contributed by atoms with van der Waals surface area (Å²) in [4.78, 5) is 0. The van der Waals surface area contributed by atoms with Crippen LogP contribution in [0.3, 0.4) is 0 Å². The van der Waals surface area contributed by atoms with Crippen molar-refractivity contribution in [2.24, 2.45) is 0 Å². The van der Waals surface area contributed by atoms with E-state index in [1.54, 1.807) is 0 Å². The first kappa shape index (κ1) is 12.0. The summed E-state index contributed by atoms with van der Waals surface area (Å²) in [5, 5.41) is 26.8. The number of hydrogen-bond donors (Lipinski definition) is 3. The quantitative estimate of drug-likeness (QED) is 0.738. The van der Waals surface area contributed by atoms with Crippen molar-refractivity contribution in [1.82, 2.24) is 9.59 Å². The fourth-order valence-electron chi connectivity index (χ4n) is 1.35. The molecule has 2 rings (SSSR count). The van der Waals surface area contributed by atoms with E-state index in [9.17, 15) is 5.11 Å². The van der Waals surface area contributed by atoms with E-state index in [0.717, 1.165) is 16.9 Å². The molecule has 0 aliphatic carbocycles. The summed E-state index contributed by atoms with van der Waals surface area (Å²) in [6, 6.07) is 7.67. The molecule has 0 saturated heterocycles. The average Bonchev–Trinajstić information content (AvgIpc) is 2.90. The summed E-state index contributed by atoms with van der Waals surface area (Å²) in [7, 11) is 0. The first-order valence-electron chi connectivity index (χ1n) is 5.20. The molecule has 3 N–H and O–H groups in total. The summed E-state index contributed by atoms with van der Waals surface area (Å²) in [5.74, 6) is 0. The average molecular weight is 251 g/mol. The second-order valence-corrected chi connectivity index (χ2v) is 4.19. The van der Waals surface area contributed by atoms with Crippen LogP contribution in [-0.2, 0) is 0 Å². The lowest BCUT2D eigenvalue weighted by Crippen LogP contribution is -2.22. The molecule has 0 saturated carbocycles. The Morgan fingerprint density at radius 3 is 2.65 bits per heavy atom. The SMILES string of the molecule is OCC(O)CNc1ccc(-c2csnn2)cc1. The van der Waals surface area contributed by atoms with E-state index in [2.05, 4.69) is 14.9 Å². The topological polar surface area (TPSA) is 78.3 Å². The Hall–Kier alpha value is -1.50. The Labute approximate surface area is 103 Å². The number of benzene rings is 1. The molecule has 1 unspecified atom stereocenters. The van der Waals surface area contributed by atoms with Crippen LogP contribution in [0.4, 0.5) is 5.69 Å². The third kappa shape index (κ3) is 3.23. The zero-order valence-electron chi connectivity index (χ0n) is 9.08. The van der Waals surface area contributed by atoms with Gasteiger partial charge in [0.2, 0.25) is 0 Å². The Balaban J connectivity index is 1.99. The summed E-state index contributed by atoms with van der Waals surface area (Å²) in [5.41, 5.74) is 2.76. The first-order chi connectivity index (χ1) is 8.29. The Bertz CT molecular complexity index is 444. The van der Waals surface area contributed by atoms with E-state index < -0.39 is 6.10 Å². The van der Waals surface area contributed by atoms with Crippen LogP contribution in [0.15, 0.2) is 29.6 Å². The second-order valence-electron chi connectivity index (χ2n) is 3.58. The fraction of sp³-hybridized carbons (Fsp3) is 0.273. The molecule has 0 aliphatic rings. The van der Waals surface area contributed by atoms with Crippen molar-refractivity contribution in [3.8, 4) is 11.3 Å². The highest BCUT2D eigenvalue weighted by Gasteiger charge is 2.03. The molecule has 1 atom stereocenters. The smallest absolute Gasteiger partial charge is 0.105 e. The molecule has 1 aromatic heterocycles. The molecule has 0 bridgehead atoms. The molecule has 0 aliphatic heterocycles. The van der Waals surface area contributed by atoms with E-state index in [4.69, 9.17) is 5.11 Å². The third-order valence-corrected chi connectivity index (χ3v) is 2.80. The highest BCUT2D eigenvalue weighted by atomic mass is 32.1. The Kier molecular flexibility index (Phi) is 4.03. The van der Waals surface area contributed by atoms with Crippen molar-refractivity contribution in [2.75, 3.05) is 18.5 Å². The largest absolute Gasteiger partial charge is 0.394 e. The molecule has 1 heterocycles. The molecule has 0 radical (unpaired) electrons. The van der Waals surface area contributed by atoms with Crippen molar-refractivity contribution in [2.45, 2.75) is 6.10 Å². The number of rotatable bonds is 5. The van der Waals surface area contributed by atoms with Crippen molar-refractivity contribution in [3.05, 3.63) is 29.6 Å². The Morgan fingerprint density at radius 1 is 1.29 bits per heavy atom. The van der Waals surface area contributed by atoms with Gasteiger partial charge in [0.05, 0.1) is 12.7 Å². The summed E-state index contributed by atoms with van der Waals surface area (Å²) >= 11 is 1.32. The maximum atomic E-state index is 9.19. The molecule has 90 valence electrons. The zero-order valence-corrected chi connectivity index (χ0v) is 9.89. The minimum atomic E-state index is -0.739. The summed E-state index contributed by atoms with van der Waals surface area (Å²) in [6.07, 6.45) is -0.739. The molecular weight excluding hydrogens is 238 g/mol. The number of hydrogen-bond acceptors (Lipinski definition) is 6. The van der Waals surface area contributed by atoms with Crippen LogP contribution in [0, 0.1) is 0 Å². The molecule has 6 heteroatoms. The van der Waals surface area contributed by atoms with Crippen LogP contribution >= 0.6 is 11.5 Å². The highest BCUT2D eigenvalue weighted by molar-refractivity contribution is 7.03. The van der Waals surface area contributed by atoms with Crippen LogP contribution in [0.25, 0.3) is 11.3 Å². The summed E-state index contributed by atoms with van der Waals surface area (Å²) in [6.45, 7) is 0.0870. The van der Waals surface area contributed by atoms with Gasteiger partial charge in [0.1, 0.15) is 5.69 Å². The van der Waals surface area contributed by atoms with Gasteiger partial charge in [-0.2, -0.15) is 0 Å². The van der Waals surface area contributed by atoms with Crippen molar-refractivity contribution >= 4 is 17.2 Å². The fourth-order valence-corrected chi connectivity index (χ4v) is 1.81. The second kappa shape index (κ2) is 5.72. The van der Waals surface area contributed by atoms with E-state index in [1.807, 2.05) is 29.6 Å². The van der Waals surface area contributed by atoms with Gasteiger partial charge in [-0.05, 0) is 23.7 Å². The maximum absolute atomic E-state index is 9.19. The lowest BCUT2D eigenvalue weighted by atomic mass is 10.1. The standard InChI is InChI=1S/C11H13N3O2S/c15-6-10(16)5-12-9-3-1-8(2-4-9)11-7-17-14-13-11/h1-4,7,10,12,15-16H,5-6H2. The molecule has 0 amide bonds. The molecule has 2 aromatic rings. The lowest BCUT2D eigenvalue weighted by molar-refractivity contribution is 0.105. The van der Waals surface area contributed by atoms with Gasteiger partial charge in [-0.15, -0.1) is 5.10 Å². The molecule has 5 nitrogen and oxygen atoms in total. The van der Waals surface area contributed by atoms with E-state index in [1.165, 1.54) is 11.5 Å². The minimum absolute atomic E-state index is 0.240. The highest BCUT2D eigenvalue weighted by Crippen LogP contribution is 2.19. The predicted octanol–water partition coefficient (Wildman–Crippen LogP) is 0.970. The van der Waals surface area contributed by atoms with Gasteiger partial charge in [0.15, 0.2) is 0 Å². The molecule has 0 fully saturated rings. The van der Waals surface area contributed by atoms with E-state index in [-0.39, 0.29) is 6.61 Å². The molecule has 17 heavy (non-hydrogen) atoms. The van der Waals surface area contributed by atoms with Gasteiger partial charge < -0.3 is 15.5 Å². The van der Waals surface area contributed by atoms with Gasteiger partial charge >= 0.3 is 0 Å². The molecule has 0 spiro atoms. The monoisotopic (exact) mass is 251 g/mol. The number of aliphatic hydroxyl groups excluding tert-OH is 2. The van der Waals surface area contributed by atoms with Crippen molar-refractivity contribution < 1.29 is 10.2 Å². The van der Waals surface area contributed by atoms with Gasteiger partial charge in [0.25, 0.3) is 0 Å². The summed E-state index contributed by atoms with van der Waals surface area (Å²) < 4.78 is 3.81. The number of nitrogens with zero attached hydrogens (tertiary/aromatic N) is 2. The Morgan fingerprint density at radius 2 is 2.06 bits per heavy atom. The van der Waals surface area contributed by atoms with E-state index >= 15 is 0 Å². The maximum Gasteiger partial charge on any atom is 0.105 e. The molecule has 1 aromatic carbocycles. The third-order valence-electron chi connectivity index (χ3n) is 2.29. The van der Waals surface area contributed by atoms with Gasteiger partial charge in [-0.1, -0.05) is 16.6 Å². The molecular formula is C11H13N3O2S. The predicted molar refractivity (Wildman–Crippen MR) is 66.9 cm³/mol. The van der Waals surface area contributed by atoms with Crippen LogP contribution in [-0.4, -0.2) is 39.1 Å². The zero-order chi connectivity index (χ0) is 12.1. The van der Waals surface area contributed by atoms with Crippen LogP contribution in [0.1, 0.15) is 0 Å². The van der Waals surface area contributed by atoms with Gasteiger partial charge in [0, 0.05) is 23.2 Å². The number of aromatic nitrogens is 2. The van der Waals surface area contributed by atoms with Crippen LogP contribution in [0.5, 0.6) is 0 Å². The number of aliphatic hydroxyl groups is 2. The normalized spacial score (nSPS) is 12.4. The minimum Gasteiger partial charge on any atom is -0.394 e. The lowest BCUT2D eigenvalue weighted by Gasteiger charge is -2.10. The van der Waals surface area contributed by atoms with Crippen molar-refractivity contribution in [3.63, 3.8) is 0 Å². The van der Waals surface area contributed by atoms with Crippen LogP contribution in [0.2, 0.25) is 0 Å². The number of nitrogens with one attached hydrogen (secondary N) is 1. The first-order valence-corrected chi connectivity index (χ1v) is 6.03.